The summed E-state index contributed by atoms with van der Waals surface area (Å²) >= 11 is 0. The molecule has 126 valence electrons. The van der Waals surface area contributed by atoms with Crippen LogP contribution < -0.4 is 10.2 Å². The molecule has 1 aromatic rings. The van der Waals surface area contributed by atoms with Gasteiger partial charge in [-0.1, -0.05) is 33.3 Å². The summed E-state index contributed by atoms with van der Waals surface area (Å²) in [6.07, 6.45) is 4.10. The van der Waals surface area contributed by atoms with Crippen LogP contribution in [0.2, 0.25) is 0 Å². The Morgan fingerprint density at radius 3 is 2.91 bits per heavy atom. The third kappa shape index (κ3) is 2.63. The van der Waals surface area contributed by atoms with Crippen LogP contribution in [0.5, 0.6) is 0 Å². The first kappa shape index (κ1) is 16.3. The Hall–Kier alpha value is -1.55. The fraction of sp³-hybridized carbons (Fsp3) is 0.632. The van der Waals surface area contributed by atoms with Crippen molar-refractivity contribution in [1.82, 2.24) is 5.32 Å². The highest BCUT2D eigenvalue weighted by molar-refractivity contribution is 5.87. The maximum Gasteiger partial charge on any atom is 0.412 e. The number of anilines is 1. The molecule has 3 atom stereocenters. The third-order valence-electron chi connectivity index (χ3n) is 5.88. The van der Waals surface area contributed by atoms with E-state index in [0.29, 0.717) is 6.04 Å². The van der Waals surface area contributed by atoms with Gasteiger partial charge in [0.05, 0.1) is 0 Å². The molecule has 1 saturated heterocycles. The lowest BCUT2D eigenvalue weighted by Gasteiger charge is -2.30. The second-order valence-corrected chi connectivity index (χ2v) is 7.22. The minimum Gasteiger partial charge on any atom is -0.465 e. The Morgan fingerprint density at radius 1 is 1.48 bits per heavy atom. The van der Waals surface area contributed by atoms with E-state index in [1.807, 2.05) is 6.07 Å². The summed E-state index contributed by atoms with van der Waals surface area (Å²) in [4.78, 5) is 13.5. The van der Waals surface area contributed by atoms with Gasteiger partial charge < -0.3 is 10.4 Å². The van der Waals surface area contributed by atoms with Crippen molar-refractivity contribution >= 4 is 11.8 Å². The second kappa shape index (κ2) is 6.16. The van der Waals surface area contributed by atoms with E-state index in [9.17, 15) is 9.90 Å². The number of nitrogens with zero attached hydrogens (tertiary/aromatic N) is 1. The molecule has 0 spiro atoms. The molecule has 2 aliphatic rings. The van der Waals surface area contributed by atoms with E-state index in [4.69, 9.17) is 0 Å². The average Bonchev–Trinajstić information content (AvgIpc) is 3.00. The quantitative estimate of drug-likeness (QED) is 0.865. The summed E-state index contributed by atoms with van der Waals surface area (Å²) in [5, 5.41) is 13.4. The zero-order chi connectivity index (χ0) is 16.6. The maximum absolute atomic E-state index is 11.9. The number of rotatable bonds is 5. The number of benzene rings is 1. The standard InChI is InChI=1S/C19H28N2O2/c1-4-6-14(5-2)21(18(22)23)15-8-7-13-11-17-19(3,9-10-20-17)16(13)12-15/h7-8,12,14,17,20H,4-6,9-11H2,1-3H3,(H,22,23)/t14?,17-,19+/m1/s1. The molecule has 3 rings (SSSR count). The second-order valence-electron chi connectivity index (χ2n) is 7.22. The van der Waals surface area contributed by atoms with E-state index < -0.39 is 6.09 Å². The van der Waals surface area contributed by atoms with Crippen LogP contribution in [0.4, 0.5) is 10.5 Å². The van der Waals surface area contributed by atoms with Gasteiger partial charge in [0.1, 0.15) is 0 Å². The van der Waals surface area contributed by atoms with E-state index in [1.54, 1.807) is 4.90 Å². The van der Waals surface area contributed by atoms with Crippen LogP contribution in [0.3, 0.4) is 0 Å². The molecule has 1 aliphatic heterocycles. The van der Waals surface area contributed by atoms with Crippen molar-refractivity contribution in [1.29, 1.82) is 0 Å². The van der Waals surface area contributed by atoms with Gasteiger partial charge in [0.25, 0.3) is 0 Å². The number of carboxylic acid groups (broad SMARTS) is 1. The molecule has 2 N–H and O–H groups in total. The van der Waals surface area contributed by atoms with Crippen LogP contribution in [-0.2, 0) is 11.8 Å². The average molecular weight is 316 g/mol. The lowest BCUT2D eigenvalue weighted by atomic mass is 9.80. The number of hydrogen-bond donors (Lipinski definition) is 2. The molecule has 1 aromatic carbocycles. The van der Waals surface area contributed by atoms with Gasteiger partial charge in [-0.15, -0.1) is 0 Å². The highest BCUT2D eigenvalue weighted by atomic mass is 16.4. The molecular weight excluding hydrogens is 288 g/mol. The van der Waals surface area contributed by atoms with Crippen LogP contribution in [0.15, 0.2) is 18.2 Å². The minimum absolute atomic E-state index is 0.0576. The molecular formula is C19H28N2O2. The Morgan fingerprint density at radius 2 is 2.26 bits per heavy atom. The lowest BCUT2D eigenvalue weighted by molar-refractivity contribution is 0.198. The molecule has 1 unspecified atom stereocenters. The highest BCUT2D eigenvalue weighted by Crippen LogP contribution is 2.45. The first-order valence-electron chi connectivity index (χ1n) is 8.90. The largest absolute Gasteiger partial charge is 0.465 e. The van der Waals surface area contributed by atoms with Gasteiger partial charge in [-0.2, -0.15) is 0 Å². The predicted octanol–water partition coefficient (Wildman–Crippen LogP) is 3.93. The van der Waals surface area contributed by atoms with Crippen molar-refractivity contribution in [3.63, 3.8) is 0 Å². The van der Waals surface area contributed by atoms with Gasteiger partial charge >= 0.3 is 6.09 Å². The first-order chi connectivity index (χ1) is 11.0. The number of amides is 1. The maximum atomic E-state index is 11.9. The van der Waals surface area contributed by atoms with Crippen molar-refractivity contribution in [3.8, 4) is 0 Å². The fourth-order valence-electron chi connectivity index (χ4n) is 4.50. The number of nitrogens with one attached hydrogen (secondary N) is 1. The number of fused-ring (bicyclic) bond motifs is 3. The van der Waals surface area contributed by atoms with Crippen molar-refractivity contribution < 1.29 is 9.90 Å². The lowest BCUT2D eigenvalue weighted by Crippen LogP contribution is -2.39. The molecule has 0 radical (unpaired) electrons. The topological polar surface area (TPSA) is 52.6 Å². The normalized spacial score (nSPS) is 26.7. The van der Waals surface area contributed by atoms with Crippen molar-refractivity contribution in [2.24, 2.45) is 0 Å². The smallest absolute Gasteiger partial charge is 0.412 e. The van der Waals surface area contributed by atoms with Gasteiger partial charge in [-0.3, -0.25) is 4.90 Å². The van der Waals surface area contributed by atoms with Crippen LogP contribution in [0, 0.1) is 0 Å². The summed E-state index contributed by atoms with van der Waals surface area (Å²) in [7, 11) is 0. The van der Waals surface area contributed by atoms with Crippen LogP contribution in [0.1, 0.15) is 57.6 Å². The third-order valence-corrected chi connectivity index (χ3v) is 5.88. The van der Waals surface area contributed by atoms with Gasteiger partial charge in [0, 0.05) is 23.2 Å². The predicted molar refractivity (Wildman–Crippen MR) is 93.4 cm³/mol. The van der Waals surface area contributed by atoms with Gasteiger partial charge in [-0.05, 0) is 55.5 Å². The van der Waals surface area contributed by atoms with Crippen LogP contribution >= 0.6 is 0 Å². The van der Waals surface area contributed by atoms with Crippen LogP contribution in [-0.4, -0.2) is 29.8 Å². The summed E-state index contributed by atoms with van der Waals surface area (Å²) < 4.78 is 0. The fourth-order valence-corrected chi connectivity index (χ4v) is 4.50. The van der Waals surface area contributed by atoms with E-state index in [0.717, 1.165) is 44.3 Å². The summed E-state index contributed by atoms with van der Waals surface area (Å²) in [5.74, 6) is 0. The van der Waals surface area contributed by atoms with Crippen LogP contribution in [0.25, 0.3) is 0 Å². The number of hydrogen-bond acceptors (Lipinski definition) is 2. The molecule has 1 fully saturated rings. The van der Waals surface area contributed by atoms with E-state index in [-0.39, 0.29) is 11.5 Å². The Balaban J connectivity index is 1.98. The van der Waals surface area contributed by atoms with Gasteiger partial charge in [0.15, 0.2) is 0 Å². The molecule has 4 nitrogen and oxygen atoms in total. The van der Waals surface area contributed by atoms with E-state index in [1.165, 1.54) is 11.1 Å². The van der Waals surface area contributed by atoms with Crippen molar-refractivity contribution in [3.05, 3.63) is 29.3 Å². The Kier molecular flexibility index (Phi) is 4.37. The molecule has 4 heteroatoms. The summed E-state index contributed by atoms with van der Waals surface area (Å²) in [5.41, 5.74) is 3.72. The molecule has 1 amide bonds. The monoisotopic (exact) mass is 316 g/mol. The first-order valence-corrected chi connectivity index (χ1v) is 8.90. The highest BCUT2D eigenvalue weighted by Gasteiger charge is 2.46. The van der Waals surface area contributed by atoms with Crippen molar-refractivity contribution in [2.45, 2.75) is 70.4 Å². The van der Waals surface area contributed by atoms with Gasteiger partial charge in [-0.25, -0.2) is 4.79 Å². The van der Waals surface area contributed by atoms with Crippen molar-refractivity contribution in [2.75, 3.05) is 11.4 Å². The minimum atomic E-state index is -0.838. The molecule has 1 heterocycles. The summed E-state index contributed by atoms with van der Waals surface area (Å²) in [6, 6.07) is 6.85. The zero-order valence-corrected chi connectivity index (χ0v) is 14.4. The van der Waals surface area contributed by atoms with Gasteiger partial charge in [0.2, 0.25) is 0 Å². The molecule has 0 aromatic heterocycles. The SMILES string of the molecule is CCCC(CC)N(C(=O)O)c1ccc2c(c1)[C@]1(C)CCN[C@@H]1C2. The number of carbonyl (C=O) groups is 1. The Bertz CT molecular complexity index is 601. The molecule has 0 bridgehead atoms. The molecule has 23 heavy (non-hydrogen) atoms. The summed E-state index contributed by atoms with van der Waals surface area (Å²) in [6.45, 7) is 7.56. The zero-order valence-electron chi connectivity index (χ0n) is 14.4. The van der Waals surface area contributed by atoms with E-state index >= 15 is 0 Å². The molecule has 1 aliphatic carbocycles. The Labute approximate surface area is 138 Å². The van der Waals surface area contributed by atoms with E-state index in [2.05, 4.69) is 38.2 Å². The molecule has 0 saturated carbocycles.